The van der Waals surface area contributed by atoms with Gasteiger partial charge in [-0.3, -0.25) is 0 Å². The lowest BCUT2D eigenvalue weighted by molar-refractivity contribution is 0.451. The third-order valence-electron chi connectivity index (χ3n) is 1.68. The highest BCUT2D eigenvalue weighted by Gasteiger charge is 2.11. The fourth-order valence-corrected chi connectivity index (χ4v) is 1.11. The van der Waals surface area contributed by atoms with Gasteiger partial charge in [0.15, 0.2) is 0 Å². The minimum absolute atomic E-state index is 0.240. The zero-order valence-electron chi connectivity index (χ0n) is 8.33. The summed E-state index contributed by atoms with van der Waals surface area (Å²) in [7, 11) is 0. The van der Waals surface area contributed by atoms with Crippen LogP contribution in [0.15, 0.2) is 0 Å². The Hall–Kier alpha value is -0.440. The molecule has 0 aromatic carbocycles. The molecule has 0 aromatic rings. The lowest BCUT2D eigenvalue weighted by Crippen LogP contribution is -2.06. The van der Waals surface area contributed by atoms with Crippen LogP contribution >= 0.6 is 0 Å². The van der Waals surface area contributed by atoms with Crippen LogP contribution in [0.5, 0.6) is 0 Å². The van der Waals surface area contributed by atoms with Crippen molar-refractivity contribution in [2.75, 3.05) is 0 Å². The Morgan fingerprint density at radius 2 is 1.73 bits per heavy atom. The normalized spacial score (nSPS) is 10.5. The highest BCUT2D eigenvalue weighted by atomic mass is 14.1. The lowest BCUT2D eigenvalue weighted by atomic mass is 9.89. The molecule has 0 fully saturated rings. The third-order valence-corrected chi connectivity index (χ3v) is 1.68. The summed E-state index contributed by atoms with van der Waals surface area (Å²) in [6.45, 7) is 8.82. The molecule has 0 aromatic heterocycles. The minimum Gasteiger partial charge on any atom is -0.103 e. The fourth-order valence-electron chi connectivity index (χ4n) is 1.11. The average Bonchev–Trinajstić information content (AvgIpc) is 1.87. The highest BCUT2D eigenvalue weighted by Crippen LogP contribution is 2.20. The van der Waals surface area contributed by atoms with Crippen LogP contribution in [-0.4, -0.2) is 0 Å². The van der Waals surface area contributed by atoms with Crippen LogP contribution in [0.1, 0.15) is 53.4 Å². The van der Waals surface area contributed by atoms with Crippen molar-refractivity contribution in [3.63, 3.8) is 0 Å². The molecule has 0 nitrogen and oxygen atoms in total. The van der Waals surface area contributed by atoms with E-state index >= 15 is 0 Å². The largest absolute Gasteiger partial charge is 0.103 e. The smallest absolute Gasteiger partial charge is 0.0258 e. The van der Waals surface area contributed by atoms with E-state index in [0.717, 1.165) is 6.42 Å². The van der Waals surface area contributed by atoms with E-state index in [-0.39, 0.29) is 5.41 Å². The molecule has 0 rings (SSSR count). The van der Waals surface area contributed by atoms with E-state index in [0.29, 0.717) is 0 Å². The second-order valence-electron chi connectivity index (χ2n) is 3.69. The van der Waals surface area contributed by atoms with Crippen LogP contribution in [0.2, 0.25) is 0 Å². The first-order valence-electron chi connectivity index (χ1n) is 4.62. The molecule has 0 unspecified atom stereocenters. The molecule has 0 radical (unpaired) electrons. The van der Waals surface area contributed by atoms with E-state index in [1.165, 1.54) is 19.3 Å². The Balaban J connectivity index is 3.81. The molecule has 0 spiro atoms. The van der Waals surface area contributed by atoms with Gasteiger partial charge in [0, 0.05) is 11.8 Å². The molecule has 0 heteroatoms. The van der Waals surface area contributed by atoms with Crippen LogP contribution in [-0.2, 0) is 0 Å². The van der Waals surface area contributed by atoms with Crippen molar-refractivity contribution in [1.29, 1.82) is 0 Å². The van der Waals surface area contributed by atoms with Gasteiger partial charge in [-0.1, -0.05) is 26.2 Å². The van der Waals surface area contributed by atoms with Crippen LogP contribution < -0.4 is 0 Å². The molecule has 0 aliphatic rings. The van der Waals surface area contributed by atoms with Gasteiger partial charge in [0.05, 0.1) is 0 Å². The summed E-state index contributed by atoms with van der Waals surface area (Å²) >= 11 is 0. The predicted molar refractivity (Wildman–Crippen MR) is 51.4 cm³/mol. The van der Waals surface area contributed by atoms with Crippen molar-refractivity contribution >= 4 is 0 Å². The molecule has 0 N–H and O–H groups in total. The maximum Gasteiger partial charge on any atom is 0.0258 e. The topological polar surface area (TPSA) is 0 Å². The van der Waals surface area contributed by atoms with Crippen molar-refractivity contribution in [1.82, 2.24) is 0 Å². The third kappa shape index (κ3) is 5.98. The van der Waals surface area contributed by atoms with E-state index in [1.54, 1.807) is 0 Å². The second kappa shape index (κ2) is 5.24. The summed E-state index contributed by atoms with van der Waals surface area (Å²) in [5.41, 5.74) is 0.240. The standard InChI is InChI=1S/C11H20/c1-5-7-8-10-11(3,4)9-6-2/h5-7,9H2,1-4H3. The maximum absolute atomic E-state index is 3.31. The van der Waals surface area contributed by atoms with E-state index in [4.69, 9.17) is 0 Å². The molecule has 0 aliphatic heterocycles. The maximum atomic E-state index is 3.31. The van der Waals surface area contributed by atoms with E-state index in [9.17, 15) is 0 Å². The van der Waals surface area contributed by atoms with Gasteiger partial charge >= 0.3 is 0 Å². The fraction of sp³-hybridized carbons (Fsp3) is 0.818. The van der Waals surface area contributed by atoms with Gasteiger partial charge < -0.3 is 0 Å². The van der Waals surface area contributed by atoms with Crippen LogP contribution in [0.25, 0.3) is 0 Å². The zero-order valence-corrected chi connectivity index (χ0v) is 8.33. The summed E-state index contributed by atoms with van der Waals surface area (Å²) in [6, 6.07) is 0. The second-order valence-corrected chi connectivity index (χ2v) is 3.69. The first-order valence-corrected chi connectivity index (χ1v) is 4.62. The number of rotatable bonds is 3. The Labute approximate surface area is 71.4 Å². The van der Waals surface area contributed by atoms with Crippen molar-refractivity contribution < 1.29 is 0 Å². The van der Waals surface area contributed by atoms with Gasteiger partial charge in [0.25, 0.3) is 0 Å². The molecule has 64 valence electrons. The predicted octanol–water partition coefficient (Wildman–Crippen LogP) is 3.62. The summed E-state index contributed by atoms with van der Waals surface area (Å²) in [5, 5.41) is 0. The van der Waals surface area contributed by atoms with Crippen molar-refractivity contribution in [2.45, 2.75) is 53.4 Å². The molecule has 0 saturated carbocycles. The molecule has 0 bridgehead atoms. The van der Waals surface area contributed by atoms with E-state index in [1.807, 2.05) is 0 Å². The first kappa shape index (κ1) is 10.6. The van der Waals surface area contributed by atoms with Gasteiger partial charge in [-0.2, -0.15) is 0 Å². The van der Waals surface area contributed by atoms with Gasteiger partial charge in [-0.25, -0.2) is 0 Å². The molecular weight excluding hydrogens is 132 g/mol. The van der Waals surface area contributed by atoms with Gasteiger partial charge in [0.2, 0.25) is 0 Å². The molecule has 0 amide bonds. The highest BCUT2D eigenvalue weighted by molar-refractivity contribution is 5.08. The van der Waals surface area contributed by atoms with Crippen LogP contribution in [0, 0.1) is 17.3 Å². The average molecular weight is 152 g/mol. The number of unbranched alkanes of at least 4 members (excludes halogenated alkanes) is 1. The molecule has 0 heterocycles. The monoisotopic (exact) mass is 152 g/mol. The molecule has 0 saturated heterocycles. The molecule has 11 heavy (non-hydrogen) atoms. The Morgan fingerprint density at radius 1 is 1.09 bits per heavy atom. The minimum atomic E-state index is 0.240. The van der Waals surface area contributed by atoms with Crippen molar-refractivity contribution in [3.8, 4) is 11.8 Å². The van der Waals surface area contributed by atoms with Gasteiger partial charge in [-0.05, 0) is 26.7 Å². The Kier molecular flexibility index (Phi) is 5.03. The Bertz CT molecular complexity index is 143. The lowest BCUT2D eigenvalue weighted by Gasteiger charge is -2.15. The van der Waals surface area contributed by atoms with Crippen molar-refractivity contribution in [2.24, 2.45) is 5.41 Å². The molecule has 0 atom stereocenters. The molecule has 0 aliphatic carbocycles. The summed E-state index contributed by atoms with van der Waals surface area (Å²) in [6.07, 6.45) is 4.67. The van der Waals surface area contributed by atoms with Gasteiger partial charge in [-0.15, -0.1) is 5.92 Å². The number of hydrogen-bond acceptors (Lipinski definition) is 0. The summed E-state index contributed by atoms with van der Waals surface area (Å²) < 4.78 is 0. The van der Waals surface area contributed by atoms with Gasteiger partial charge in [0.1, 0.15) is 0 Å². The SMILES string of the molecule is CCCC#CC(C)(C)CCC. The number of hydrogen-bond donors (Lipinski definition) is 0. The van der Waals surface area contributed by atoms with Crippen LogP contribution in [0.4, 0.5) is 0 Å². The summed E-state index contributed by atoms with van der Waals surface area (Å²) in [4.78, 5) is 0. The van der Waals surface area contributed by atoms with E-state index in [2.05, 4.69) is 39.5 Å². The van der Waals surface area contributed by atoms with Crippen molar-refractivity contribution in [3.05, 3.63) is 0 Å². The molecular formula is C11H20. The summed E-state index contributed by atoms with van der Waals surface area (Å²) in [5.74, 6) is 6.52. The first-order chi connectivity index (χ1) is 5.12. The van der Waals surface area contributed by atoms with Crippen LogP contribution in [0.3, 0.4) is 0 Å². The van der Waals surface area contributed by atoms with E-state index < -0.39 is 0 Å². The Morgan fingerprint density at radius 3 is 2.18 bits per heavy atom. The quantitative estimate of drug-likeness (QED) is 0.542. The zero-order chi connectivity index (χ0) is 8.74.